The lowest BCUT2D eigenvalue weighted by molar-refractivity contribution is -0.131. The Hall–Kier alpha value is -1.75. The molecule has 1 aromatic rings. The molecule has 0 unspecified atom stereocenters. The Morgan fingerprint density at radius 2 is 1.55 bits per heavy atom. The maximum absolute atomic E-state index is 13.2. The average Bonchev–Trinajstić information content (AvgIpc) is 2.72. The van der Waals surface area contributed by atoms with Crippen LogP contribution in [0.1, 0.15) is 45.4 Å². The van der Waals surface area contributed by atoms with Crippen LogP contribution in [0.3, 0.4) is 0 Å². The first-order valence-electron chi connectivity index (χ1n) is 11.5. The summed E-state index contributed by atoms with van der Waals surface area (Å²) in [5.74, 6) is 3.74. The van der Waals surface area contributed by atoms with Crippen molar-refractivity contribution in [2.45, 2.75) is 57.0 Å². The van der Waals surface area contributed by atoms with Gasteiger partial charge in [-0.25, -0.2) is 0 Å². The normalized spacial score (nSPS) is 34.8. The fourth-order valence-electron chi connectivity index (χ4n) is 6.96. The number of benzene rings is 1. The standard InChI is InChI=1S/C24H35N3O2/c1-17(23(28)25-24-14-18-11-19(15-24)13-20(12-18)16-24)26-7-9-27(10-8-26)21-3-5-22(29-2)6-4-21/h3-6,17-20H,7-16H2,1-2H3,(H,25,28)/t17-,18?,19?,20?,24?/m0/s1. The Morgan fingerprint density at radius 1 is 1.00 bits per heavy atom. The number of amides is 1. The zero-order chi connectivity index (χ0) is 20.0. The fraction of sp³-hybridized carbons (Fsp3) is 0.708. The zero-order valence-corrected chi connectivity index (χ0v) is 17.9. The molecule has 29 heavy (non-hydrogen) atoms. The first-order valence-corrected chi connectivity index (χ1v) is 11.5. The van der Waals surface area contributed by atoms with E-state index in [0.717, 1.165) is 49.7 Å². The molecule has 1 saturated heterocycles. The highest BCUT2D eigenvalue weighted by atomic mass is 16.5. The molecule has 4 aliphatic carbocycles. The van der Waals surface area contributed by atoms with Crippen molar-refractivity contribution in [2.75, 3.05) is 38.2 Å². The van der Waals surface area contributed by atoms with Crippen molar-refractivity contribution >= 4 is 11.6 Å². The van der Waals surface area contributed by atoms with Gasteiger partial charge in [-0.15, -0.1) is 0 Å². The lowest BCUT2D eigenvalue weighted by Gasteiger charge is -2.57. The maximum Gasteiger partial charge on any atom is 0.237 e. The van der Waals surface area contributed by atoms with Crippen molar-refractivity contribution in [3.05, 3.63) is 24.3 Å². The number of hydrogen-bond donors (Lipinski definition) is 1. The van der Waals surface area contributed by atoms with Gasteiger partial charge >= 0.3 is 0 Å². The highest BCUT2D eigenvalue weighted by molar-refractivity contribution is 5.82. The van der Waals surface area contributed by atoms with E-state index in [9.17, 15) is 4.79 Å². The van der Waals surface area contributed by atoms with Gasteiger partial charge in [0.2, 0.25) is 5.91 Å². The Bertz CT molecular complexity index is 704. The number of nitrogens with one attached hydrogen (secondary N) is 1. The molecule has 0 radical (unpaired) electrons. The minimum atomic E-state index is -0.0407. The lowest BCUT2D eigenvalue weighted by atomic mass is 9.53. The Balaban J connectivity index is 1.16. The van der Waals surface area contributed by atoms with E-state index >= 15 is 0 Å². The van der Waals surface area contributed by atoms with Gasteiger partial charge in [0.1, 0.15) is 5.75 Å². The minimum Gasteiger partial charge on any atom is -0.497 e. The quantitative estimate of drug-likeness (QED) is 0.828. The van der Waals surface area contributed by atoms with Crippen LogP contribution in [0.25, 0.3) is 0 Å². The van der Waals surface area contributed by atoms with Crippen LogP contribution < -0.4 is 15.0 Å². The molecule has 5 fully saturated rings. The smallest absolute Gasteiger partial charge is 0.237 e. The van der Waals surface area contributed by atoms with Gasteiger partial charge in [-0.05, 0) is 87.5 Å². The highest BCUT2D eigenvalue weighted by Gasteiger charge is 2.51. The van der Waals surface area contributed by atoms with E-state index in [1.54, 1.807) is 7.11 Å². The zero-order valence-electron chi connectivity index (χ0n) is 17.9. The summed E-state index contributed by atoms with van der Waals surface area (Å²) in [6, 6.07) is 8.24. The predicted octanol–water partition coefficient (Wildman–Crippen LogP) is 3.29. The van der Waals surface area contributed by atoms with E-state index in [0.29, 0.717) is 0 Å². The molecule has 4 saturated carbocycles. The molecule has 0 spiro atoms. The van der Waals surface area contributed by atoms with E-state index in [2.05, 4.69) is 34.2 Å². The van der Waals surface area contributed by atoms with Gasteiger partial charge in [-0.3, -0.25) is 9.69 Å². The number of anilines is 1. The molecule has 1 heterocycles. The average molecular weight is 398 g/mol. The highest BCUT2D eigenvalue weighted by Crippen LogP contribution is 2.55. The van der Waals surface area contributed by atoms with E-state index in [-0.39, 0.29) is 17.5 Å². The van der Waals surface area contributed by atoms with E-state index in [1.165, 1.54) is 44.2 Å². The molecule has 1 aliphatic heterocycles. The van der Waals surface area contributed by atoms with Crippen LogP contribution in [-0.4, -0.2) is 55.7 Å². The number of ether oxygens (including phenoxy) is 1. The molecule has 1 N–H and O–H groups in total. The van der Waals surface area contributed by atoms with Gasteiger partial charge in [0.05, 0.1) is 13.2 Å². The second-order valence-corrected chi connectivity index (χ2v) is 10.1. The first-order chi connectivity index (χ1) is 14.0. The molecule has 5 nitrogen and oxygen atoms in total. The fourth-order valence-corrected chi connectivity index (χ4v) is 6.96. The molecule has 4 bridgehead atoms. The van der Waals surface area contributed by atoms with Crippen molar-refractivity contribution in [3.63, 3.8) is 0 Å². The number of nitrogens with zero attached hydrogens (tertiary/aromatic N) is 2. The van der Waals surface area contributed by atoms with Crippen LogP contribution in [0.4, 0.5) is 5.69 Å². The number of rotatable bonds is 5. The monoisotopic (exact) mass is 397 g/mol. The van der Waals surface area contributed by atoms with E-state index in [4.69, 9.17) is 4.74 Å². The van der Waals surface area contributed by atoms with Crippen molar-refractivity contribution in [1.29, 1.82) is 0 Å². The molecular weight excluding hydrogens is 362 g/mol. The largest absolute Gasteiger partial charge is 0.497 e. The third kappa shape index (κ3) is 3.74. The number of hydrogen-bond acceptors (Lipinski definition) is 4. The summed E-state index contributed by atoms with van der Waals surface area (Å²) in [5.41, 5.74) is 1.35. The third-order valence-electron chi connectivity index (χ3n) is 8.11. The summed E-state index contributed by atoms with van der Waals surface area (Å²) in [5, 5.41) is 3.57. The number of piperazine rings is 1. The van der Waals surface area contributed by atoms with E-state index in [1.807, 2.05) is 12.1 Å². The van der Waals surface area contributed by atoms with Crippen molar-refractivity contribution in [1.82, 2.24) is 10.2 Å². The van der Waals surface area contributed by atoms with E-state index < -0.39 is 0 Å². The van der Waals surface area contributed by atoms with Gasteiger partial charge in [0.15, 0.2) is 0 Å². The predicted molar refractivity (Wildman–Crippen MR) is 115 cm³/mol. The molecule has 158 valence electrons. The van der Waals surface area contributed by atoms with Crippen molar-refractivity contribution < 1.29 is 9.53 Å². The molecule has 1 atom stereocenters. The molecule has 1 aromatic carbocycles. The summed E-state index contributed by atoms with van der Waals surface area (Å²) in [7, 11) is 1.70. The van der Waals surface area contributed by atoms with Gasteiger partial charge < -0.3 is 15.0 Å². The molecule has 6 rings (SSSR count). The van der Waals surface area contributed by atoms with Crippen LogP contribution in [-0.2, 0) is 4.79 Å². The summed E-state index contributed by atoms with van der Waals surface area (Å²) in [4.78, 5) is 17.9. The Morgan fingerprint density at radius 3 is 2.07 bits per heavy atom. The van der Waals surface area contributed by atoms with Crippen LogP contribution >= 0.6 is 0 Å². The maximum atomic E-state index is 13.2. The molecule has 5 heteroatoms. The first kappa shape index (κ1) is 19.2. The van der Waals surface area contributed by atoms with Gasteiger partial charge in [0.25, 0.3) is 0 Å². The van der Waals surface area contributed by atoms with Crippen molar-refractivity contribution in [2.24, 2.45) is 17.8 Å². The lowest BCUT2D eigenvalue weighted by Crippen LogP contribution is -2.63. The number of methoxy groups -OCH3 is 1. The van der Waals surface area contributed by atoms with Gasteiger partial charge in [-0.2, -0.15) is 0 Å². The van der Waals surface area contributed by atoms with Gasteiger partial charge in [-0.1, -0.05) is 0 Å². The summed E-state index contributed by atoms with van der Waals surface area (Å²) in [6.07, 6.45) is 7.92. The SMILES string of the molecule is COc1ccc(N2CCN([C@@H](C)C(=O)NC34CC5CC(CC(C5)C3)C4)CC2)cc1. The van der Waals surface area contributed by atoms with Gasteiger partial charge in [0, 0.05) is 37.4 Å². The third-order valence-corrected chi connectivity index (χ3v) is 8.11. The summed E-state index contributed by atoms with van der Waals surface area (Å²) >= 11 is 0. The summed E-state index contributed by atoms with van der Waals surface area (Å²) in [6.45, 7) is 5.88. The molecule has 1 amide bonds. The number of carbonyl (C=O) groups excluding carboxylic acids is 1. The summed E-state index contributed by atoms with van der Waals surface area (Å²) < 4.78 is 5.26. The van der Waals surface area contributed by atoms with Crippen LogP contribution in [0.5, 0.6) is 5.75 Å². The second-order valence-electron chi connectivity index (χ2n) is 10.1. The molecular formula is C24H35N3O2. The topological polar surface area (TPSA) is 44.8 Å². The second kappa shape index (κ2) is 7.50. The van der Waals surface area contributed by atoms with Crippen molar-refractivity contribution in [3.8, 4) is 5.75 Å². The van der Waals surface area contributed by atoms with Crippen LogP contribution in [0.15, 0.2) is 24.3 Å². The minimum absolute atomic E-state index is 0.0407. The Kier molecular flexibility index (Phi) is 4.97. The number of carbonyl (C=O) groups is 1. The van der Waals surface area contributed by atoms with Crippen LogP contribution in [0, 0.1) is 17.8 Å². The Labute approximate surface area is 174 Å². The molecule has 5 aliphatic rings. The molecule has 0 aromatic heterocycles. The van der Waals surface area contributed by atoms with Crippen LogP contribution in [0.2, 0.25) is 0 Å².